The highest BCUT2D eigenvalue weighted by atomic mass is 16.1. The molecule has 2 N–H and O–H groups in total. The maximum Gasteiger partial charge on any atom is 0.219 e. The molecular formula is C10H18N2O. The molecule has 0 aromatic carbocycles. The SMILES string of the molecule is C#CCC(C)NCCCC(=O)NC. The lowest BCUT2D eigenvalue weighted by Gasteiger charge is -2.09. The van der Waals surface area contributed by atoms with Crippen molar-refractivity contribution in [2.45, 2.75) is 32.2 Å². The first kappa shape index (κ1) is 12.0. The molecule has 1 unspecified atom stereocenters. The van der Waals surface area contributed by atoms with Gasteiger partial charge in [0.25, 0.3) is 0 Å². The second kappa shape index (κ2) is 7.63. The van der Waals surface area contributed by atoms with E-state index in [1.54, 1.807) is 7.05 Å². The highest BCUT2D eigenvalue weighted by Gasteiger charge is 1.99. The number of hydrogen-bond donors (Lipinski definition) is 2. The average molecular weight is 182 g/mol. The van der Waals surface area contributed by atoms with Gasteiger partial charge in [-0.1, -0.05) is 0 Å². The summed E-state index contributed by atoms with van der Waals surface area (Å²) in [6.45, 7) is 2.88. The summed E-state index contributed by atoms with van der Waals surface area (Å²) in [6.07, 6.45) is 7.32. The number of terminal acetylenes is 1. The molecule has 0 aliphatic carbocycles. The van der Waals surface area contributed by atoms with Crippen LogP contribution in [0.1, 0.15) is 26.2 Å². The van der Waals surface area contributed by atoms with Crippen LogP contribution in [0.3, 0.4) is 0 Å². The maximum absolute atomic E-state index is 10.8. The van der Waals surface area contributed by atoms with E-state index in [1.165, 1.54) is 0 Å². The number of nitrogens with one attached hydrogen (secondary N) is 2. The minimum absolute atomic E-state index is 0.0893. The zero-order chi connectivity index (χ0) is 10.1. The molecule has 74 valence electrons. The van der Waals surface area contributed by atoms with Crippen LogP contribution in [0.5, 0.6) is 0 Å². The first-order valence-corrected chi connectivity index (χ1v) is 4.58. The molecule has 0 rings (SSSR count). The number of hydrogen-bond acceptors (Lipinski definition) is 2. The van der Waals surface area contributed by atoms with Crippen LogP contribution in [0.4, 0.5) is 0 Å². The summed E-state index contributed by atoms with van der Waals surface area (Å²) in [5.41, 5.74) is 0. The first-order chi connectivity index (χ1) is 6.20. The van der Waals surface area contributed by atoms with Crippen LogP contribution in [0.15, 0.2) is 0 Å². The molecule has 0 aliphatic rings. The Hall–Kier alpha value is -1.01. The maximum atomic E-state index is 10.8. The summed E-state index contributed by atoms with van der Waals surface area (Å²) in [5.74, 6) is 2.68. The van der Waals surface area contributed by atoms with Gasteiger partial charge in [0.1, 0.15) is 0 Å². The average Bonchev–Trinajstić information content (AvgIpc) is 2.12. The van der Waals surface area contributed by atoms with Gasteiger partial charge in [-0.2, -0.15) is 0 Å². The molecule has 0 bridgehead atoms. The van der Waals surface area contributed by atoms with Crippen molar-refractivity contribution in [3.8, 4) is 12.3 Å². The van der Waals surface area contributed by atoms with Crippen molar-refractivity contribution in [2.75, 3.05) is 13.6 Å². The lowest BCUT2D eigenvalue weighted by molar-refractivity contribution is -0.120. The molecule has 0 aromatic heterocycles. The van der Waals surface area contributed by atoms with Gasteiger partial charge in [-0.25, -0.2) is 0 Å². The summed E-state index contributed by atoms with van der Waals surface area (Å²) in [6, 6.07) is 0.342. The fraction of sp³-hybridized carbons (Fsp3) is 0.700. The Morgan fingerprint density at radius 2 is 2.31 bits per heavy atom. The van der Waals surface area contributed by atoms with Gasteiger partial charge in [-0.3, -0.25) is 4.79 Å². The van der Waals surface area contributed by atoms with Crippen LogP contribution < -0.4 is 10.6 Å². The van der Waals surface area contributed by atoms with E-state index in [4.69, 9.17) is 6.42 Å². The standard InChI is InChI=1S/C10H18N2O/c1-4-6-9(2)12-8-5-7-10(13)11-3/h1,9,12H,5-8H2,2-3H3,(H,11,13). The number of rotatable bonds is 6. The summed E-state index contributed by atoms with van der Waals surface area (Å²) in [7, 11) is 1.65. The van der Waals surface area contributed by atoms with Crippen LogP contribution in [0, 0.1) is 12.3 Å². The van der Waals surface area contributed by atoms with Crippen LogP contribution in [-0.4, -0.2) is 25.5 Å². The third-order valence-corrected chi connectivity index (χ3v) is 1.78. The predicted molar refractivity (Wildman–Crippen MR) is 54.2 cm³/mol. The van der Waals surface area contributed by atoms with Gasteiger partial charge in [0, 0.05) is 25.9 Å². The van der Waals surface area contributed by atoms with E-state index in [1.807, 2.05) is 6.92 Å². The minimum atomic E-state index is 0.0893. The van der Waals surface area contributed by atoms with Crippen molar-refractivity contribution in [3.05, 3.63) is 0 Å². The predicted octanol–water partition coefficient (Wildman–Crippen LogP) is 0.514. The molecule has 3 nitrogen and oxygen atoms in total. The third kappa shape index (κ3) is 7.35. The van der Waals surface area contributed by atoms with Crippen molar-refractivity contribution in [1.29, 1.82) is 0 Å². The highest BCUT2D eigenvalue weighted by Crippen LogP contribution is 1.91. The number of carbonyl (C=O) groups is 1. The fourth-order valence-corrected chi connectivity index (χ4v) is 0.971. The third-order valence-electron chi connectivity index (χ3n) is 1.78. The van der Waals surface area contributed by atoms with Gasteiger partial charge < -0.3 is 10.6 Å². The van der Waals surface area contributed by atoms with Crippen molar-refractivity contribution in [2.24, 2.45) is 0 Å². The van der Waals surface area contributed by atoms with Gasteiger partial charge in [-0.15, -0.1) is 12.3 Å². The Kier molecular flexibility index (Phi) is 7.04. The topological polar surface area (TPSA) is 41.1 Å². The van der Waals surface area contributed by atoms with E-state index in [-0.39, 0.29) is 5.91 Å². The quantitative estimate of drug-likeness (QED) is 0.464. The van der Waals surface area contributed by atoms with Crippen molar-refractivity contribution in [1.82, 2.24) is 10.6 Å². The summed E-state index contributed by atoms with van der Waals surface area (Å²) >= 11 is 0. The van der Waals surface area contributed by atoms with Crippen molar-refractivity contribution < 1.29 is 4.79 Å². The monoisotopic (exact) mass is 182 g/mol. The molecule has 0 saturated carbocycles. The summed E-state index contributed by atoms with van der Waals surface area (Å²) in [5, 5.41) is 5.82. The second-order valence-electron chi connectivity index (χ2n) is 3.04. The van der Waals surface area contributed by atoms with Gasteiger partial charge in [-0.05, 0) is 19.9 Å². The molecule has 0 saturated heterocycles. The van der Waals surface area contributed by atoms with E-state index in [0.717, 1.165) is 19.4 Å². The van der Waals surface area contributed by atoms with Crippen LogP contribution in [0.2, 0.25) is 0 Å². The van der Waals surface area contributed by atoms with Crippen LogP contribution in [-0.2, 0) is 4.79 Å². The fourth-order valence-electron chi connectivity index (χ4n) is 0.971. The Labute approximate surface area is 80.3 Å². The van der Waals surface area contributed by atoms with Crippen LogP contribution >= 0.6 is 0 Å². The van der Waals surface area contributed by atoms with Crippen molar-refractivity contribution in [3.63, 3.8) is 0 Å². The molecular weight excluding hydrogens is 164 g/mol. The van der Waals surface area contributed by atoms with E-state index in [9.17, 15) is 4.79 Å². The molecule has 0 aromatic rings. The largest absolute Gasteiger partial charge is 0.359 e. The smallest absolute Gasteiger partial charge is 0.219 e. The molecule has 0 fully saturated rings. The van der Waals surface area contributed by atoms with E-state index < -0.39 is 0 Å². The number of carbonyl (C=O) groups excluding carboxylic acids is 1. The Bertz CT molecular complexity index is 184. The molecule has 0 heterocycles. The Morgan fingerprint density at radius 1 is 1.62 bits per heavy atom. The van der Waals surface area contributed by atoms with E-state index in [0.29, 0.717) is 12.5 Å². The molecule has 0 aliphatic heterocycles. The Morgan fingerprint density at radius 3 is 2.85 bits per heavy atom. The van der Waals surface area contributed by atoms with Gasteiger partial charge in [0.2, 0.25) is 5.91 Å². The second-order valence-corrected chi connectivity index (χ2v) is 3.04. The zero-order valence-electron chi connectivity index (χ0n) is 8.39. The number of amides is 1. The molecule has 1 atom stereocenters. The normalized spacial score (nSPS) is 11.8. The van der Waals surface area contributed by atoms with Crippen molar-refractivity contribution >= 4 is 5.91 Å². The van der Waals surface area contributed by atoms with Gasteiger partial charge in [0.05, 0.1) is 0 Å². The summed E-state index contributed by atoms with van der Waals surface area (Å²) in [4.78, 5) is 10.8. The highest BCUT2D eigenvalue weighted by molar-refractivity contribution is 5.75. The molecule has 3 heteroatoms. The van der Waals surface area contributed by atoms with E-state index in [2.05, 4.69) is 16.6 Å². The lowest BCUT2D eigenvalue weighted by Crippen LogP contribution is -2.27. The molecule has 13 heavy (non-hydrogen) atoms. The first-order valence-electron chi connectivity index (χ1n) is 4.58. The summed E-state index contributed by atoms with van der Waals surface area (Å²) < 4.78 is 0. The van der Waals surface area contributed by atoms with Gasteiger partial charge >= 0.3 is 0 Å². The van der Waals surface area contributed by atoms with Gasteiger partial charge in [0.15, 0.2) is 0 Å². The molecule has 0 spiro atoms. The molecule has 1 amide bonds. The van der Waals surface area contributed by atoms with Crippen LogP contribution in [0.25, 0.3) is 0 Å². The lowest BCUT2D eigenvalue weighted by atomic mass is 10.2. The minimum Gasteiger partial charge on any atom is -0.359 e. The zero-order valence-corrected chi connectivity index (χ0v) is 8.39. The van der Waals surface area contributed by atoms with E-state index >= 15 is 0 Å². The molecule has 0 radical (unpaired) electrons. The Balaban J connectivity index is 3.26.